The molecule has 2 aromatic carbocycles. The summed E-state index contributed by atoms with van der Waals surface area (Å²) in [6.07, 6.45) is 5.65. The number of aliphatic imine (C=N–C) groups is 1. The fraction of sp³-hybridized carbons (Fsp3) is 0.360. The van der Waals surface area contributed by atoms with E-state index in [9.17, 15) is 4.79 Å². The van der Waals surface area contributed by atoms with E-state index in [2.05, 4.69) is 39.9 Å². The molecule has 0 N–H and O–H groups in total. The normalized spacial score (nSPS) is 22.4. The van der Waals surface area contributed by atoms with Gasteiger partial charge in [-0.1, -0.05) is 47.0 Å². The molecule has 33 heavy (non-hydrogen) atoms. The highest BCUT2D eigenvalue weighted by molar-refractivity contribution is 9.10. The van der Waals surface area contributed by atoms with E-state index in [0.29, 0.717) is 0 Å². The summed E-state index contributed by atoms with van der Waals surface area (Å²) in [7, 11) is 1.68. The third-order valence-corrected chi connectivity index (χ3v) is 9.11. The van der Waals surface area contributed by atoms with Crippen LogP contribution in [0.15, 0.2) is 66.8 Å². The van der Waals surface area contributed by atoms with Crippen LogP contribution in [0.2, 0.25) is 0 Å². The summed E-state index contributed by atoms with van der Waals surface area (Å²) in [6.45, 7) is 2.90. The number of amidine groups is 1. The van der Waals surface area contributed by atoms with Gasteiger partial charge in [-0.2, -0.15) is 0 Å². The topological polar surface area (TPSA) is 45.1 Å². The lowest BCUT2D eigenvalue weighted by atomic mass is 9.94. The second-order valence-electron chi connectivity index (χ2n) is 8.25. The number of carbonyl (C=O) groups is 1. The van der Waals surface area contributed by atoms with E-state index in [1.165, 1.54) is 18.2 Å². The van der Waals surface area contributed by atoms with Crippen molar-refractivity contribution in [3.8, 4) is 5.75 Å². The lowest BCUT2D eigenvalue weighted by molar-refractivity contribution is -0.124. The number of rotatable bonds is 4. The van der Waals surface area contributed by atoms with Crippen molar-refractivity contribution >= 4 is 61.9 Å². The van der Waals surface area contributed by atoms with E-state index >= 15 is 0 Å². The minimum absolute atomic E-state index is 0.0866. The number of ether oxygens (including phenoxy) is 1. The molecule has 0 radical (unpaired) electrons. The molecule has 1 aliphatic carbocycles. The van der Waals surface area contributed by atoms with E-state index in [1.54, 1.807) is 18.9 Å². The van der Waals surface area contributed by atoms with E-state index in [4.69, 9.17) is 9.73 Å². The minimum Gasteiger partial charge on any atom is -0.497 e. The highest BCUT2D eigenvalue weighted by atomic mass is 79.9. The van der Waals surface area contributed by atoms with Crippen molar-refractivity contribution in [2.45, 2.75) is 50.0 Å². The van der Waals surface area contributed by atoms with Crippen LogP contribution in [-0.2, 0) is 4.79 Å². The third-order valence-electron chi connectivity index (χ3n) is 6.22. The summed E-state index contributed by atoms with van der Waals surface area (Å²) in [5.41, 5.74) is 1.96. The Kier molecular flexibility index (Phi) is 6.77. The van der Waals surface area contributed by atoms with Gasteiger partial charge in [0, 0.05) is 28.0 Å². The van der Waals surface area contributed by atoms with Gasteiger partial charge in [0.1, 0.15) is 15.7 Å². The van der Waals surface area contributed by atoms with Crippen molar-refractivity contribution in [1.82, 2.24) is 4.90 Å². The molecule has 1 saturated carbocycles. The number of thioether (sulfide) groups is 2. The Hall–Kier alpha value is -1.90. The van der Waals surface area contributed by atoms with Crippen molar-refractivity contribution < 1.29 is 9.53 Å². The monoisotopic (exact) mass is 543 g/mol. The first-order valence-electron chi connectivity index (χ1n) is 11.3. The number of anilines is 1. The van der Waals surface area contributed by atoms with Crippen molar-refractivity contribution in [2.24, 2.45) is 4.99 Å². The smallest absolute Gasteiger partial charge is 0.269 e. The Labute approximate surface area is 211 Å². The molecule has 0 spiro atoms. The third kappa shape index (κ3) is 4.45. The van der Waals surface area contributed by atoms with Crippen LogP contribution in [0.3, 0.4) is 0 Å². The number of methoxy groups -OCH3 is 1. The molecule has 172 valence electrons. The number of halogens is 1. The average molecular weight is 545 g/mol. The van der Waals surface area contributed by atoms with E-state index in [-0.39, 0.29) is 11.9 Å². The van der Waals surface area contributed by atoms with Gasteiger partial charge in [0.2, 0.25) is 0 Å². The second kappa shape index (κ2) is 9.76. The molecule has 3 aliphatic rings. The van der Waals surface area contributed by atoms with E-state index < -0.39 is 0 Å². The van der Waals surface area contributed by atoms with Crippen LogP contribution in [0.5, 0.6) is 5.75 Å². The molecule has 5 nitrogen and oxygen atoms in total. The summed E-state index contributed by atoms with van der Waals surface area (Å²) in [4.78, 5) is 24.9. The molecule has 1 amide bonds. The van der Waals surface area contributed by atoms with Crippen molar-refractivity contribution in [1.29, 1.82) is 0 Å². The maximum Gasteiger partial charge on any atom is 0.269 e. The first-order valence-corrected chi connectivity index (χ1v) is 13.7. The number of benzene rings is 2. The molecule has 2 heterocycles. The Balaban J connectivity index is 1.56. The molecule has 1 saturated heterocycles. The largest absolute Gasteiger partial charge is 0.497 e. The Morgan fingerprint density at radius 1 is 1.09 bits per heavy atom. The van der Waals surface area contributed by atoms with Gasteiger partial charge in [0.05, 0.1) is 18.5 Å². The van der Waals surface area contributed by atoms with E-state index in [0.717, 1.165) is 73.8 Å². The zero-order chi connectivity index (χ0) is 22.9. The number of hydrogen-bond acceptors (Lipinski definition) is 6. The summed E-state index contributed by atoms with van der Waals surface area (Å²) in [6, 6.07) is 14.3. The first-order chi connectivity index (χ1) is 16.1. The van der Waals surface area contributed by atoms with Gasteiger partial charge in [0.15, 0.2) is 5.17 Å². The van der Waals surface area contributed by atoms with Gasteiger partial charge < -0.3 is 9.64 Å². The predicted octanol–water partition coefficient (Wildman–Crippen LogP) is 7.15. The molecule has 5 rings (SSSR count). The Morgan fingerprint density at radius 3 is 2.55 bits per heavy atom. The van der Waals surface area contributed by atoms with Crippen molar-refractivity contribution in [3.05, 3.63) is 56.9 Å². The van der Waals surface area contributed by atoms with Crippen molar-refractivity contribution in [3.63, 3.8) is 0 Å². The fourth-order valence-corrected chi connectivity index (χ4v) is 7.25. The molecular weight excluding hydrogens is 518 g/mol. The van der Waals surface area contributed by atoms with Gasteiger partial charge >= 0.3 is 0 Å². The molecule has 0 aromatic heterocycles. The highest BCUT2D eigenvalue weighted by Crippen LogP contribution is 2.52. The zero-order valence-electron chi connectivity index (χ0n) is 18.7. The number of carbonyl (C=O) groups excluding carboxylic acids is 1. The maximum absolute atomic E-state index is 13.9. The molecule has 2 aromatic rings. The lowest BCUT2D eigenvalue weighted by Crippen LogP contribution is -2.40. The molecule has 2 aliphatic heterocycles. The Morgan fingerprint density at radius 2 is 1.85 bits per heavy atom. The predicted molar refractivity (Wildman–Crippen MR) is 141 cm³/mol. The van der Waals surface area contributed by atoms with Crippen LogP contribution in [0.4, 0.5) is 11.4 Å². The van der Waals surface area contributed by atoms with Gasteiger partial charge in [-0.15, -0.1) is 0 Å². The van der Waals surface area contributed by atoms with Crippen LogP contribution in [0.25, 0.3) is 0 Å². The van der Waals surface area contributed by atoms with Gasteiger partial charge in [-0.05, 0) is 67.9 Å². The SMILES string of the molecule is CCN1C(=C2SC(=Nc3ccc(Br)cc3)N(C3CCCCC3)C2=O)Sc2ccc(OC)cc21. The zero-order valence-corrected chi connectivity index (χ0v) is 21.9. The molecular formula is C25H26BrN3O2S2. The molecule has 2 fully saturated rings. The van der Waals surface area contributed by atoms with Crippen LogP contribution >= 0.6 is 39.5 Å². The summed E-state index contributed by atoms with van der Waals surface area (Å²) in [5, 5.41) is 1.79. The quantitative estimate of drug-likeness (QED) is 0.383. The standard InChI is InChI=1S/C25H26BrN3O2S2/c1-3-28-20-15-19(31-2)13-14-21(20)32-24(28)22-23(30)29(18-7-5-4-6-8-18)25(33-22)27-17-11-9-16(26)10-12-17/h9-15,18H,3-8H2,1-2H3. The molecule has 0 unspecified atom stereocenters. The van der Waals surface area contributed by atoms with Gasteiger partial charge in [-0.25, -0.2) is 4.99 Å². The second-order valence-corrected chi connectivity index (χ2v) is 11.2. The van der Waals surface area contributed by atoms with Crippen LogP contribution in [-0.4, -0.2) is 35.7 Å². The van der Waals surface area contributed by atoms with Crippen LogP contribution in [0.1, 0.15) is 39.0 Å². The summed E-state index contributed by atoms with van der Waals surface area (Å²) >= 11 is 6.68. The molecule has 0 atom stereocenters. The summed E-state index contributed by atoms with van der Waals surface area (Å²) in [5.74, 6) is 0.911. The van der Waals surface area contributed by atoms with Crippen LogP contribution < -0.4 is 9.64 Å². The van der Waals surface area contributed by atoms with Gasteiger partial charge in [-0.3, -0.25) is 9.69 Å². The minimum atomic E-state index is 0.0866. The molecule has 0 bridgehead atoms. The highest BCUT2D eigenvalue weighted by Gasteiger charge is 2.43. The first kappa shape index (κ1) is 22.9. The van der Waals surface area contributed by atoms with Crippen LogP contribution in [0, 0.1) is 0 Å². The summed E-state index contributed by atoms with van der Waals surface area (Å²) < 4.78 is 6.46. The Bertz CT molecular complexity index is 1130. The van der Waals surface area contributed by atoms with E-state index in [1.807, 2.05) is 35.2 Å². The molecule has 8 heteroatoms. The number of fused-ring (bicyclic) bond motifs is 1. The maximum atomic E-state index is 13.9. The van der Waals surface area contributed by atoms with Gasteiger partial charge in [0.25, 0.3) is 5.91 Å². The van der Waals surface area contributed by atoms with Crippen molar-refractivity contribution in [2.75, 3.05) is 18.6 Å². The number of hydrogen-bond donors (Lipinski definition) is 0. The lowest BCUT2D eigenvalue weighted by Gasteiger charge is -2.30. The number of nitrogens with zero attached hydrogens (tertiary/aromatic N) is 3. The number of amides is 1. The fourth-order valence-electron chi connectivity index (χ4n) is 4.55. The average Bonchev–Trinajstić information content (AvgIpc) is 3.37.